The van der Waals surface area contributed by atoms with Crippen molar-refractivity contribution in [1.29, 1.82) is 0 Å². The summed E-state index contributed by atoms with van der Waals surface area (Å²) < 4.78 is 4.43. The summed E-state index contributed by atoms with van der Waals surface area (Å²) in [6.07, 6.45) is 1.36. The molecule has 8 nitrogen and oxygen atoms in total. The van der Waals surface area contributed by atoms with Gasteiger partial charge in [-0.2, -0.15) is 0 Å². The summed E-state index contributed by atoms with van der Waals surface area (Å²) in [5.41, 5.74) is 1.32. The number of thioether (sulfide) groups is 1. The normalized spacial score (nSPS) is 30.2. The number of carbonyl (C=O) groups excluding carboxylic acids is 3. The average Bonchev–Trinajstić information content (AvgIpc) is 3.52. The van der Waals surface area contributed by atoms with E-state index in [1.807, 2.05) is 37.3 Å². The fourth-order valence-corrected chi connectivity index (χ4v) is 9.88. The lowest BCUT2D eigenvalue weighted by molar-refractivity contribution is -0.142. The number of aliphatic hydroxyl groups is 1. The van der Waals surface area contributed by atoms with E-state index in [0.29, 0.717) is 24.4 Å². The van der Waals surface area contributed by atoms with Crippen molar-refractivity contribution in [3.63, 3.8) is 0 Å². The van der Waals surface area contributed by atoms with Crippen LogP contribution in [0.5, 0.6) is 5.75 Å². The molecule has 3 aliphatic heterocycles. The standard InChI is InChI=1S/C28H32BrN3O5S/c1-3-13-30-25(34)21-22-27(36)32(20(15-33)16-7-5-4-6-8-16)24(28(22)14-19(29)23(21)38-28)26(35)31-17-9-11-18(37-2)12-10-17/h4-12,19-24,33H,3,13-15H2,1-2H3,(H,30,34)(H,31,35)/t19?,20-,21+,22+,23+,24?,28?/m1/s1. The van der Waals surface area contributed by atoms with Crippen LogP contribution < -0.4 is 15.4 Å². The highest BCUT2D eigenvalue weighted by molar-refractivity contribution is 9.09. The van der Waals surface area contributed by atoms with Crippen LogP contribution in [0.3, 0.4) is 0 Å². The van der Waals surface area contributed by atoms with Crippen molar-refractivity contribution in [2.75, 3.05) is 25.6 Å². The molecule has 3 heterocycles. The highest BCUT2D eigenvalue weighted by atomic mass is 79.9. The molecular formula is C28H32BrN3O5S. The minimum Gasteiger partial charge on any atom is -0.497 e. The van der Waals surface area contributed by atoms with Crippen molar-refractivity contribution in [3.05, 3.63) is 60.2 Å². The molecule has 202 valence electrons. The largest absolute Gasteiger partial charge is 0.497 e. The Bertz CT molecular complexity index is 1200. The summed E-state index contributed by atoms with van der Waals surface area (Å²) in [5.74, 6) is -1.29. The van der Waals surface area contributed by atoms with E-state index in [-0.39, 0.29) is 34.4 Å². The number of likely N-dealkylation sites (tertiary alicyclic amines) is 1. The van der Waals surface area contributed by atoms with Crippen molar-refractivity contribution >= 4 is 51.1 Å². The molecule has 3 unspecified atom stereocenters. The maximum absolute atomic E-state index is 14.3. The molecule has 0 saturated carbocycles. The van der Waals surface area contributed by atoms with Gasteiger partial charge in [-0.25, -0.2) is 0 Å². The van der Waals surface area contributed by atoms with Crippen molar-refractivity contribution in [2.45, 2.75) is 46.7 Å². The molecule has 2 aromatic carbocycles. The second-order valence-corrected chi connectivity index (χ2v) is 12.7. The number of carbonyl (C=O) groups is 3. The Labute approximate surface area is 235 Å². The van der Waals surface area contributed by atoms with Gasteiger partial charge in [-0.1, -0.05) is 53.2 Å². The monoisotopic (exact) mass is 601 g/mol. The van der Waals surface area contributed by atoms with Crippen LogP contribution in [0, 0.1) is 11.8 Å². The molecule has 3 amide bonds. The number of alkyl halides is 1. The van der Waals surface area contributed by atoms with Crippen LogP contribution in [0.4, 0.5) is 5.69 Å². The maximum Gasteiger partial charge on any atom is 0.248 e. The molecule has 3 N–H and O–H groups in total. The number of halogens is 1. The number of anilines is 1. The van der Waals surface area contributed by atoms with E-state index in [4.69, 9.17) is 4.74 Å². The molecule has 0 aliphatic carbocycles. The van der Waals surface area contributed by atoms with Crippen LogP contribution in [-0.4, -0.2) is 68.9 Å². The Balaban J connectivity index is 1.57. The number of methoxy groups -OCH3 is 1. The molecule has 3 aliphatic rings. The summed E-state index contributed by atoms with van der Waals surface area (Å²) in [5, 5.41) is 16.4. The number of nitrogens with one attached hydrogen (secondary N) is 2. The van der Waals surface area contributed by atoms with E-state index in [2.05, 4.69) is 26.6 Å². The van der Waals surface area contributed by atoms with Crippen molar-refractivity contribution in [1.82, 2.24) is 10.2 Å². The third-order valence-electron chi connectivity index (χ3n) is 7.88. The molecule has 0 aromatic heterocycles. The number of fused-ring (bicyclic) bond motifs is 1. The van der Waals surface area contributed by atoms with Gasteiger partial charge in [0.25, 0.3) is 0 Å². The summed E-state index contributed by atoms with van der Waals surface area (Å²) in [7, 11) is 1.57. The summed E-state index contributed by atoms with van der Waals surface area (Å²) in [6, 6.07) is 14.7. The Morgan fingerprint density at radius 3 is 2.53 bits per heavy atom. The first-order chi connectivity index (χ1) is 18.4. The SMILES string of the molecule is CCCNC(=O)[C@H]1[C@H]2C(=O)N([C@H](CO)c3ccccc3)C(C(=O)Nc3ccc(OC)cc3)C23CC(Br)[C@@H]1S3. The van der Waals surface area contributed by atoms with Gasteiger partial charge < -0.3 is 25.4 Å². The number of aliphatic hydroxyl groups excluding tert-OH is 1. The van der Waals surface area contributed by atoms with E-state index >= 15 is 0 Å². The zero-order valence-electron chi connectivity index (χ0n) is 21.3. The van der Waals surface area contributed by atoms with Gasteiger partial charge in [-0.05, 0) is 42.7 Å². The predicted molar refractivity (Wildman–Crippen MR) is 150 cm³/mol. The first kappa shape index (κ1) is 27.0. The van der Waals surface area contributed by atoms with E-state index in [1.165, 1.54) is 0 Å². The van der Waals surface area contributed by atoms with E-state index in [0.717, 1.165) is 12.0 Å². The second kappa shape index (κ2) is 10.9. The molecule has 2 aromatic rings. The third kappa shape index (κ3) is 4.40. The van der Waals surface area contributed by atoms with Gasteiger partial charge in [0, 0.05) is 22.3 Å². The predicted octanol–water partition coefficient (Wildman–Crippen LogP) is 3.36. The molecule has 10 heteroatoms. The molecule has 3 fully saturated rings. The van der Waals surface area contributed by atoms with Gasteiger partial charge in [-0.15, -0.1) is 11.8 Å². The van der Waals surface area contributed by atoms with Gasteiger partial charge in [0.1, 0.15) is 11.8 Å². The van der Waals surface area contributed by atoms with E-state index < -0.39 is 28.7 Å². The molecule has 3 saturated heterocycles. The maximum atomic E-state index is 14.3. The van der Waals surface area contributed by atoms with Crippen LogP contribution in [0.2, 0.25) is 0 Å². The summed E-state index contributed by atoms with van der Waals surface area (Å²) in [4.78, 5) is 43.3. The first-order valence-corrected chi connectivity index (χ1v) is 14.7. The number of ether oxygens (including phenoxy) is 1. The Morgan fingerprint density at radius 2 is 1.89 bits per heavy atom. The molecular weight excluding hydrogens is 570 g/mol. The Morgan fingerprint density at radius 1 is 1.18 bits per heavy atom. The van der Waals surface area contributed by atoms with Gasteiger partial charge in [0.15, 0.2) is 0 Å². The highest BCUT2D eigenvalue weighted by Crippen LogP contribution is 2.68. The number of rotatable bonds is 9. The molecule has 5 rings (SSSR count). The number of benzene rings is 2. The van der Waals surface area contributed by atoms with Crippen molar-refractivity contribution < 1.29 is 24.2 Å². The van der Waals surface area contributed by atoms with Gasteiger partial charge in [-0.3, -0.25) is 14.4 Å². The lowest BCUT2D eigenvalue weighted by atomic mass is 9.70. The van der Waals surface area contributed by atoms with Crippen LogP contribution in [0.1, 0.15) is 31.4 Å². The molecule has 1 spiro atoms. The zero-order chi connectivity index (χ0) is 27.0. The van der Waals surface area contributed by atoms with Crippen LogP contribution >= 0.6 is 27.7 Å². The van der Waals surface area contributed by atoms with Crippen LogP contribution in [-0.2, 0) is 14.4 Å². The lowest BCUT2D eigenvalue weighted by Gasteiger charge is -2.37. The fourth-order valence-electron chi connectivity index (χ4n) is 6.28. The minimum absolute atomic E-state index is 0.0190. The number of amides is 3. The lowest BCUT2D eigenvalue weighted by Crippen LogP contribution is -2.53. The zero-order valence-corrected chi connectivity index (χ0v) is 23.7. The van der Waals surface area contributed by atoms with Gasteiger partial charge in [0.05, 0.1) is 36.3 Å². The molecule has 0 radical (unpaired) electrons. The van der Waals surface area contributed by atoms with E-state index in [1.54, 1.807) is 48.0 Å². The second-order valence-electron chi connectivity index (χ2n) is 10.0. The van der Waals surface area contributed by atoms with Crippen molar-refractivity contribution in [2.24, 2.45) is 11.8 Å². The average molecular weight is 603 g/mol. The summed E-state index contributed by atoms with van der Waals surface area (Å²) >= 11 is 5.35. The quantitative estimate of drug-likeness (QED) is 0.380. The first-order valence-electron chi connectivity index (χ1n) is 12.9. The molecule has 7 atom stereocenters. The number of hydrogen-bond donors (Lipinski definition) is 3. The van der Waals surface area contributed by atoms with Crippen LogP contribution in [0.15, 0.2) is 54.6 Å². The molecule has 38 heavy (non-hydrogen) atoms. The van der Waals surface area contributed by atoms with Gasteiger partial charge >= 0.3 is 0 Å². The van der Waals surface area contributed by atoms with Crippen LogP contribution in [0.25, 0.3) is 0 Å². The van der Waals surface area contributed by atoms with Gasteiger partial charge in [0.2, 0.25) is 17.7 Å². The summed E-state index contributed by atoms with van der Waals surface area (Å²) in [6.45, 7) is 2.17. The Kier molecular flexibility index (Phi) is 7.75. The minimum atomic E-state index is -0.876. The fraction of sp³-hybridized carbons (Fsp3) is 0.464. The smallest absolute Gasteiger partial charge is 0.248 e. The molecule has 2 bridgehead atoms. The third-order valence-corrected chi connectivity index (χ3v) is 11.1. The van der Waals surface area contributed by atoms with E-state index in [9.17, 15) is 19.5 Å². The topological polar surface area (TPSA) is 108 Å². The number of nitrogens with zero attached hydrogens (tertiary/aromatic N) is 1. The Hall–Kier alpha value is -2.56. The van der Waals surface area contributed by atoms with Crippen molar-refractivity contribution in [3.8, 4) is 5.75 Å². The highest BCUT2D eigenvalue weighted by Gasteiger charge is 2.76. The number of hydrogen-bond acceptors (Lipinski definition) is 6.